The van der Waals surface area contributed by atoms with Gasteiger partial charge in [0.2, 0.25) is 0 Å². The van der Waals surface area contributed by atoms with E-state index in [4.69, 9.17) is 0 Å². The molecule has 3 aromatic rings. The van der Waals surface area contributed by atoms with Gasteiger partial charge in [-0.15, -0.1) is 77.4 Å². The van der Waals surface area contributed by atoms with Gasteiger partial charge in [-0.2, -0.15) is 17.2 Å². The summed E-state index contributed by atoms with van der Waals surface area (Å²) in [5, 5.41) is 2.76. The third kappa shape index (κ3) is 8.91. The molecule has 0 saturated carbocycles. The monoisotopic (exact) mass is 550 g/mol. The van der Waals surface area contributed by atoms with Crippen LogP contribution < -0.4 is 0 Å². The number of fused-ring (bicyclic) bond motifs is 1. The van der Waals surface area contributed by atoms with Crippen LogP contribution in [0, 0.1) is 34.8 Å². The number of hydrogen-bond acceptors (Lipinski definition) is 0. The summed E-state index contributed by atoms with van der Waals surface area (Å²) < 4.78 is 0. The molecule has 4 heteroatoms. The van der Waals surface area contributed by atoms with Crippen LogP contribution in [0.25, 0.3) is 16.3 Å². The SMILES string of the molecule is Cc1[cH-]c2ccccc2c1C.Cl.Cl.[C-]1=CC(c2ccccc2)=CC1.[CH3-].[CH3-].[Ge]=[Zr]. The Hall–Kier alpha value is -0.464. The molecule has 2 radical (unpaired) electrons. The summed E-state index contributed by atoms with van der Waals surface area (Å²) in [5.41, 5.74) is 5.40. The van der Waals surface area contributed by atoms with Crippen molar-refractivity contribution in [2.24, 2.45) is 0 Å². The number of hydrogen-bond donors (Lipinski definition) is 0. The molecule has 0 N–H and O–H groups in total. The molecule has 1 aliphatic rings. The van der Waals surface area contributed by atoms with Gasteiger partial charge in [0.05, 0.1) is 0 Å². The van der Waals surface area contributed by atoms with Crippen LogP contribution in [0.2, 0.25) is 0 Å². The zero-order valence-corrected chi connectivity index (χ0v) is 23.1. The molecule has 0 heterocycles. The van der Waals surface area contributed by atoms with Crippen LogP contribution in [0.3, 0.4) is 0 Å². The molecule has 0 saturated heterocycles. The van der Waals surface area contributed by atoms with Crippen LogP contribution in [0.1, 0.15) is 23.1 Å². The quantitative estimate of drug-likeness (QED) is 0.219. The number of allylic oxidation sites excluding steroid dienone is 4. The number of aryl methyl sites for hydroxylation is 2. The fourth-order valence-corrected chi connectivity index (χ4v) is 2.75. The van der Waals surface area contributed by atoms with E-state index in [1.165, 1.54) is 33.0 Å². The van der Waals surface area contributed by atoms with Gasteiger partial charge in [-0.05, 0) is 0 Å². The van der Waals surface area contributed by atoms with E-state index in [9.17, 15) is 0 Å². The Bertz CT molecular complexity index is 851. The van der Waals surface area contributed by atoms with Gasteiger partial charge >= 0.3 is 33.7 Å². The Morgan fingerprint density at radius 2 is 1.46 bits per heavy atom. The zero-order valence-electron chi connectivity index (χ0n) is 17.0. The van der Waals surface area contributed by atoms with Crippen molar-refractivity contribution >= 4 is 53.3 Å². The van der Waals surface area contributed by atoms with E-state index in [0.29, 0.717) is 0 Å². The summed E-state index contributed by atoms with van der Waals surface area (Å²) in [4.78, 5) is 0. The molecule has 28 heavy (non-hydrogen) atoms. The first-order chi connectivity index (χ1) is 11.8. The number of halogens is 2. The van der Waals surface area contributed by atoms with Gasteiger partial charge in [-0.3, -0.25) is 6.08 Å². The molecule has 0 atom stereocenters. The van der Waals surface area contributed by atoms with Crippen LogP contribution in [0.15, 0.2) is 72.8 Å². The maximum atomic E-state index is 3.15. The predicted molar refractivity (Wildman–Crippen MR) is 129 cm³/mol. The molecule has 3 aromatic carbocycles. The van der Waals surface area contributed by atoms with E-state index in [1.807, 2.05) is 6.07 Å². The Kier molecular flexibility index (Phi) is 20.0. The van der Waals surface area contributed by atoms with Crippen LogP contribution >= 0.6 is 24.8 Å². The Morgan fingerprint density at radius 1 is 0.893 bits per heavy atom. The van der Waals surface area contributed by atoms with Gasteiger partial charge in [0.25, 0.3) is 0 Å². The van der Waals surface area contributed by atoms with E-state index in [2.05, 4.69) is 98.8 Å². The van der Waals surface area contributed by atoms with Crippen LogP contribution in [-0.4, -0.2) is 12.1 Å². The second-order valence-corrected chi connectivity index (χ2v) is 5.62. The number of benzene rings is 2. The third-order valence-corrected chi connectivity index (χ3v) is 4.13. The minimum atomic E-state index is 0. The molecule has 0 aliphatic heterocycles. The third-order valence-electron chi connectivity index (χ3n) is 4.13. The second kappa shape index (κ2) is 17.4. The van der Waals surface area contributed by atoms with Crippen molar-refractivity contribution in [1.82, 2.24) is 0 Å². The van der Waals surface area contributed by atoms with Crippen molar-refractivity contribution in [3.05, 3.63) is 110 Å². The Balaban J connectivity index is -0.000000363. The molecule has 0 unspecified atom stereocenters. The first kappa shape index (κ1) is 32.2. The van der Waals surface area contributed by atoms with Crippen molar-refractivity contribution in [3.8, 4) is 0 Å². The summed E-state index contributed by atoms with van der Waals surface area (Å²) >= 11 is 3.64. The molecule has 1 aliphatic carbocycles. The second-order valence-electron chi connectivity index (χ2n) is 5.62. The van der Waals surface area contributed by atoms with Gasteiger partial charge in [0.1, 0.15) is 0 Å². The first-order valence-corrected chi connectivity index (χ1v) is 15.4. The van der Waals surface area contributed by atoms with Crippen molar-refractivity contribution in [3.63, 3.8) is 0 Å². The van der Waals surface area contributed by atoms with Gasteiger partial charge < -0.3 is 14.9 Å². The predicted octanol–water partition coefficient (Wildman–Crippen LogP) is 7.37. The van der Waals surface area contributed by atoms with E-state index < -0.39 is 0 Å². The summed E-state index contributed by atoms with van der Waals surface area (Å²) in [6.07, 6.45) is 8.36. The Labute approximate surface area is 204 Å². The van der Waals surface area contributed by atoms with Crippen LogP contribution in [-0.2, 0) is 21.6 Å². The summed E-state index contributed by atoms with van der Waals surface area (Å²) in [7, 11) is 0. The summed E-state index contributed by atoms with van der Waals surface area (Å²) in [5.74, 6) is 0. The molecule has 150 valence electrons. The van der Waals surface area contributed by atoms with Crippen molar-refractivity contribution in [2.75, 3.05) is 0 Å². The van der Waals surface area contributed by atoms with E-state index in [-0.39, 0.29) is 39.7 Å². The zero-order chi connectivity index (χ0) is 17.4. The summed E-state index contributed by atoms with van der Waals surface area (Å²) in [6, 6.07) is 21.1. The summed E-state index contributed by atoms with van der Waals surface area (Å²) in [6.45, 7) is 4.34. The molecule has 0 spiro atoms. The first-order valence-electron chi connectivity index (χ1n) is 7.94. The topological polar surface area (TPSA) is 0 Å². The van der Waals surface area contributed by atoms with Crippen LogP contribution in [0.4, 0.5) is 0 Å². The van der Waals surface area contributed by atoms with Gasteiger partial charge in [0.15, 0.2) is 0 Å². The molecule has 0 bridgehead atoms. The minimum absolute atomic E-state index is 0. The van der Waals surface area contributed by atoms with Crippen molar-refractivity contribution in [1.29, 1.82) is 0 Å². The van der Waals surface area contributed by atoms with Gasteiger partial charge in [-0.1, -0.05) is 50.2 Å². The van der Waals surface area contributed by atoms with Crippen molar-refractivity contribution < 1.29 is 21.6 Å². The molecule has 0 aromatic heterocycles. The molecular formula is C24H28Cl2GeZr-4. The van der Waals surface area contributed by atoms with Crippen molar-refractivity contribution in [2.45, 2.75) is 20.3 Å². The molecular weight excluding hydrogens is 523 g/mol. The average Bonchev–Trinajstić information content (AvgIpc) is 3.28. The molecule has 4 rings (SSSR count). The van der Waals surface area contributed by atoms with E-state index in [0.717, 1.165) is 6.42 Å². The van der Waals surface area contributed by atoms with Crippen LogP contribution in [0.5, 0.6) is 0 Å². The Morgan fingerprint density at radius 3 is 2.00 bits per heavy atom. The normalized spacial score (nSPS) is 10.2. The van der Waals surface area contributed by atoms with Gasteiger partial charge in [0, 0.05) is 0 Å². The fraction of sp³-hybridized carbons (Fsp3) is 0.125. The molecule has 0 amide bonds. The maximum absolute atomic E-state index is 3.15. The molecule has 0 fully saturated rings. The fourth-order valence-electron chi connectivity index (χ4n) is 2.75. The number of rotatable bonds is 1. The standard InChI is InChI=1S/C11H11.C11H9.2CH3.2ClH.Ge.Zr/c1-8-7-10-5-3-4-6-11(10)9(8)2;1-2-6-10(7-3-1)11-8-4-5-9-11;;;;;;/h3-7H,1-2H3;1-3,6-9H,4H2;2*1H3;2*1H;;/q4*-1;;;;. The van der Waals surface area contributed by atoms with Gasteiger partial charge in [-0.25, -0.2) is 6.08 Å². The molecule has 0 nitrogen and oxygen atoms in total. The van der Waals surface area contributed by atoms with E-state index >= 15 is 0 Å². The van der Waals surface area contributed by atoms with E-state index in [1.54, 1.807) is 21.6 Å². The average molecular weight is 551 g/mol.